The molecule has 0 amide bonds. The topological polar surface area (TPSA) is 115 Å². The predicted molar refractivity (Wildman–Crippen MR) is 76.3 cm³/mol. The van der Waals surface area contributed by atoms with E-state index in [0.717, 1.165) is 12.3 Å². The molecule has 0 saturated carbocycles. The molecule has 0 radical (unpaired) electrons. The van der Waals surface area contributed by atoms with E-state index in [1.54, 1.807) is 0 Å². The second-order valence-corrected chi connectivity index (χ2v) is 8.84. The lowest BCUT2D eigenvalue weighted by molar-refractivity contribution is 0.0693. The summed E-state index contributed by atoms with van der Waals surface area (Å²) in [6, 6.07) is 3.50. The summed E-state index contributed by atoms with van der Waals surface area (Å²) >= 11 is 0. The maximum atomic E-state index is 12.1. The van der Waals surface area contributed by atoms with Crippen molar-refractivity contribution in [1.82, 2.24) is 0 Å². The zero-order valence-electron chi connectivity index (χ0n) is 11.6. The number of hydrogen-bond donors (Lipinski definition) is 1. The van der Waals surface area contributed by atoms with E-state index >= 15 is 0 Å². The minimum absolute atomic E-state index is 0.0460. The molecule has 1 rings (SSSR count). The Balaban J connectivity index is 3.04. The Bertz CT molecular complexity index is 733. The van der Waals surface area contributed by atoms with Gasteiger partial charge in [0.15, 0.2) is 9.84 Å². The van der Waals surface area contributed by atoms with Crippen LogP contribution in [-0.4, -0.2) is 52.8 Å². The number of sulfone groups is 2. The minimum atomic E-state index is -3.75. The van der Waals surface area contributed by atoms with Crippen molar-refractivity contribution in [3.63, 3.8) is 0 Å². The maximum absolute atomic E-state index is 12.1. The first-order valence-corrected chi connectivity index (χ1v) is 9.60. The minimum Gasteiger partial charge on any atom is -0.496 e. The van der Waals surface area contributed by atoms with Crippen molar-refractivity contribution >= 4 is 25.6 Å². The Morgan fingerprint density at radius 2 is 1.81 bits per heavy atom. The summed E-state index contributed by atoms with van der Waals surface area (Å²) in [5.41, 5.74) is -0.262. The first kappa shape index (κ1) is 17.4. The highest BCUT2D eigenvalue weighted by molar-refractivity contribution is 7.92. The Hall–Kier alpha value is -1.61. The summed E-state index contributed by atoms with van der Waals surface area (Å²) in [6.45, 7) is 0. The molecule has 0 aromatic heterocycles. The first-order valence-electron chi connectivity index (χ1n) is 5.88. The molecule has 0 atom stereocenters. The summed E-state index contributed by atoms with van der Waals surface area (Å²) in [6.07, 6.45) is 0.977. The van der Waals surface area contributed by atoms with E-state index in [-0.39, 0.29) is 34.1 Å². The Labute approximate surface area is 123 Å². The molecular formula is C12H16O7S2. The number of benzene rings is 1. The highest BCUT2D eigenvalue weighted by Gasteiger charge is 2.20. The normalized spacial score (nSPS) is 12.1. The van der Waals surface area contributed by atoms with E-state index in [2.05, 4.69) is 0 Å². The van der Waals surface area contributed by atoms with E-state index in [1.807, 2.05) is 0 Å². The lowest BCUT2D eigenvalue weighted by Gasteiger charge is -2.08. The van der Waals surface area contributed by atoms with Crippen LogP contribution in [0, 0.1) is 0 Å². The van der Waals surface area contributed by atoms with Gasteiger partial charge in [-0.2, -0.15) is 0 Å². The molecule has 0 bridgehead atoms. The van der Waals surface area contributed by atoms with Crippen LogP contribution in [0.2, 0.25) is 0 Å². The summed E-state index contributed by atoms with van der Waals surface area (Å²) in [7, 11) is -5.71. The van der Waals surface area contributed by atoms with E-state index in [4.69, 9.17) is 9.84 Å². The smallest absolute Gasteiger partial charge is 0.339 e. The van der Waals surface area contributed by atoms with Gasteiger partial charge in [-0.15, -0.1) is 0 Å². The SMILES string of the molecule is COc1ccc(S(=O)(=O)CCCS(C)(=O)=O)cc1C(=O)O. The number of aromatic carboxylic acids is 1. The van der Waals surface area contributed by atoms with Crippen molar-refractivity contribution in [1.29, 1.82) is 0 Å². The number of rotatable bonds is 7. The van der Waals surface area contributed by atoms with Crippen molar-refractivity contribution in [2.45, 2.75) is 11.3 Å². The van der Waals surface area contributed by atoms with Gasteiger partial charge in [0, 0.05) is 6.26 Å². The van der Waals surface area contributed by atoms with Crippen molar-refractivity contribution in [3.8, 4) is 5.75 Å². The van der Waals surface area contributed by atoms with Gasteiger partial charge in [-0.05, 0) is 24.6 Å². The molecule has 0 saturated heterocycles. The molecule has 0 aliphatic carbocycles. The molecule has 1 aromatic rings. The fourth-order valence-electron chi connectivity index (χ4n) is 1.68. The monoisotopic (exact) mass is 336 g/mol. The van der Waals surface area contributed by atoms with Gasteiger partial charge in [0.05, 0.1) is 23.5 Å². The molecule has 0 aliphatic rings. The molecule has 118 valence electrons. The second kappa shape index (κ2) is 6.44. The lowest BCUT2D eigenvalue weighted by Crippen LogP contribution is -2.13. The molecule has 0 fully saturated rings. The number of carboxylic acid groups (broad SMARTS) is 1. The van der Waals surface area contributed by atoms with Crippen LogP contribution in [0.15, 0.2) is 23.1 Å². The number of carbonyl (C=O) groups is 1. The van der Waals surface area contributed by atoms with Gasteiger partial charge in [-0.25, -0.2) is 21.6 Å². The molecule has 0 unspecified atom stereocenters. The molecule has 0 aliphatic heterocycles. The summed E-state index contributed by atoms with van der Waals surface area (Å²) in [5.74, 6) is -1.86. The quantitative estimate of drug-likeness (QED) is 0.775. The molecule has 1 aromatic carbocycles. The Morgan fingerprint density at radius 3 is 2.29 bits per heavy atom. The average Bonchev–Trinajstić information content (AvgIpc) is 2.35. The molecular weight excluding hydrogens is 320 g/mol. The third-order valence-corrected chi connectivity index (χ3v) is 5.52. The van der Waals surface area contributed by atoms with Crippen LogP contribution in [0.1, 0.15) is 16.8 Å². The number of carboxylic acids is 1. The van der Waals surface area contributed by atoms with Crippen LogP contribution in [0.5, 0.6) is 5.75 Å². The molecule has 9 heteroatoms. The molecule has 0 heterocycles. The Morgan fingerprint density at radius 1 is 1.19 bits per heavy atom. The fourth-order valence-corrected chi connectivity index (χ4v) is 3.86. The zero-order chi connectivity index (χ0) is 16.3. The largest absolute Gasteiger partial charge is 0.496 e. The van der Waals surface area contributed by atoms with Gasteiger partial charge in [0.2, 0.25) is 0 Å². The van der Waals surface area contributed by atoms with Gasteiger partial charge >= 0.3 is 5.97 Å². The van der Waals surface area contributed by atoms with E-state index in [9.17, 15) is 21.6 Å². The van der Waals surface area contributed by atoms with Crippen LogP contribution in [0.3, 0.4) is 0 Å². The fraction of sp³-hybridized carbons (Fsp3) is 0.417. The van der Waals surface area contributed by atoms with Gasteiger partial charge in [0.1, 0.15) is 21.2 Å². The van der Waals surface area contributed by atoms with Crippen LogP contribution < -0.4 is 4.74 Å². The summed E-state index contributed by atoms with van der Waals surface area (Å²) < 4.78 is 51.0. The van der Waals surface area contributed by atoms with Gasteiger partial charge in [-0.1, -0.05) is 0 Å². The van der Waals surface area contributed by atoms with Gasteiger partial charge in [0.25, 0.3) is 0 Å². The third kappa shape index (κ3) is 5.01. The highest BCUT2D eigenvalue weighted by Crippen LogP contribution is 2.23. The van der Waals surface area contributed by atoms with Gasteiger partial charge < -0.3 is 9.84 Å². The molecule has 7 nitrogen and oxygen atoms in total. The van der Waals surface area contributed by atoms with Crippen molar-refractivity contribution in [2.75, 3.05) is 24.9 Å². The van der Waals surface area contributed by atoms with Crippen LogP contribution >= 0.6 is 0 Å². The lowest BCUT2D eigenvalue weighted by atomic mass is 10.2. The zero-order valence-corrected chi connectivity index (χ0v) is 13.2. The van der Waals surface area contributed by atoms with Crippen molar-refractivity contribution in [2.24, 2.45) is 0 Å². The predicted octanol–water partition coefficient (Wildman–Crippen LogP) is 0.602. The number of ether oxygens (including phenoxy) is 1. The van der Waals surface area contributed by atoms with E-state index < -0.39 is 25.6 Å². The third-order valence-electron chi connectivity index (χ3n) is 2.69. The number of methoxy groups -OCH3 is 1. The van der Waals surface area contributed by atoms with Crippen LogP contribution in [0.25, 0.3) is 0 Å². The Kier molecular flexibility index (Phi) is 5.35. The van der Waals surface area contributed by atoms with Crippen LogP contribution in [0.4, 0.5) is 0 Å². The average molecular weight is 336 g/mol. The first-order chi connectivity index (χ1) is 9.57. The molecule has 1 N–H and O–H groups in total. The highest BCUT2D eigenvalue weighted by atomic mass is 32.2. The second-order valence-electron chi connectivity index (χ2n) is 4.47. The van der Waals surface area contributed by atoms with E-state index in [0.29, 0.717) is 0 Å². The van der Waals surface area contributed by atoms with Crippen LogP contribution in [-0.2, 0) is 19.7 Å². The molecule has 21 heavy (non-hydrogen) atoms. The maximum Gasteiger partial charge on any atom is 0.339 e. The van der Waals surface area contributed by atoms with E-state index in [1.165, 1.54) is 19.2 Å². The number of hydrogen-bond acceptors (Lipinski definition) is 6. The van der Waals surface area contributed by atoms with Gasteiger partial charge in [-0.3, -0.25) is 0 Å². The van der Waals surface area contributed by atoms with Crippen molar-refractivity contribution in [3.05, 3.63) is 23.8 Å². The van der Waals surface area contributed by atoms with Crippen molar-refractivity contribution < 1.29 is 31.5 Å². The molecule has 0 spiro atoms. The summed E-state index contributed by atoms with van der Waals surface area (Å²) in [4.78, 5) is 10.9. The summed E-state index contributed by atoms with van der Waals surface area (Å²) in [5, 5.41) is 9.02. The standard InChI is InChI=1S/C12H16O7S2/c1-19-11-5-4-9(8-10(11)12(13)14)21(17,18)7-3-6-20(2,15)16/h4-5,8H,3,6-7H2,1-2H3,(H,13,14).